The van der Waals surface area contributed by atoms with Gasteiger partial charge in [-0.05, 0) is 38.1 Å². The van der Waals surface area contributed by atoms with E-state index in [0.717, 1.165) is 24.0 Å². The molecular formula is C16H28ClN3. The molecule has 0 radical (unpaired) electrons. The molecule has 1 heterocycles. The van der Waals surface area contributed by atoms with E-state index >= 15 is 0 Å². The van der Waals surface area contributed by atoms with Crippen molar-refractivity contribution in [2.75, 3.05) is 6.54 Å². The molecule has 0 amide bonds. The fourth-order valence-electron chi connectivity index (χ4n) is 3.40. The van der Waals surface area contributed by atoms with Crippen LogP contribution in [0.25, 0.3) is 0 Å². The lowest BCUT2D eigenvalue weighted by molar-refractivity contribution is 0.229. The third kappa shape index (κ3) is 3.56. The largest absolute Gasteiger partial charge is 0.314 e. The summed E-state index contributed by atoms with van der Waals surface area (Å²) in [5, 5.41) is 8.88. The molecule has 1 N–H and O–H groups in total. The van der Waals surface area contributed by atoms with Gasteiger partial charge in [0.1, 0.15) is 0 Å². The molecule has 0 aliphatic heterocycles. The zero-order chi connectivity index (χ0) is 14.7. The molecule has 0 spiro atoms. The maximum Gasteiger partial charge on any atom is 0.0820 e. The van der Waals surface area contributed by atoms with E-state index in [0.29, 0.717) is 17.9 Å². The summed E-state index contributed by atoms with van der Waals surface area (Å²) in [5.74, 6) is 2.00. The van der Waals surface area contributed by atoms with Crippen LogP contribution in [-0.4, -0.2) is 22.4 Å². The summed E-state index contributed by atoms with van der Waals surface area (Å²) in [7, 11) is 0. The highest BCUT2D eigenvalue weighted by molar-refractivity contribution is 6.31. The van der Waals surface area contributed by atoms with E-state index in [2.05, 4.69) is 42.8 Å². The molecule has 2 rings (SSSR count). The first-order valence-corrected chi connectivity index (χ1v) is 8.35. The Morgan fingerprint density at radius 2 is 2.20 bits per heavy atom. The number of hydrogen-bond donors (Lipinski definition) is 1. The van der Waals surface area contributed by atoms with Crippen LogP contribution in [0.5, 0.6) is 0 Å². The van der Waals surface area contributed by atoms with E-state index in [-0.39, 0.29) is 0 Å². The molecule has 1 aliphatic carbocycles. The van der Waals surface area contributed by atoms with Crippen molar-refractivity contribution in [2.24, 2.45) is 11.8 Å². The smallest absolute Gasteiger partial charge is 0.0820 e. The number of halogens is 1. The second-order valence-corrected chi connectivity index (χ2v) is 6.95. The van der Waals surface area contributed by atoms with Crippen molar-refractivity contribution in [2.45, 2.75) is 65.5 Å². The maximum absolute atomic E-state index is 6.43. The molecule has 114 valence electrons. The average Bonchev–Trinajstić information content (AvgIpc) is 2.78. The topological polar surface area (TPSA) is 29.9 Å². The van der Waals surface area contributed by atoms with Crippen molar-refractivity contribution >= 4 is 11.6 Å². The summed E-state index contributed by atoms with van der Waals surface area (Å²) >= 11 is 6.43. The molecule has 1 aromatic heterocycles. The minimum absolute atomic E-state index is 0.542. The molecule has 4 heteroatoms. The predicted molar refractivity (Wildman–Crippen MR) is 85.3 cm³/mol. The highest BCUT2D eigenvalue weighted by Crippen LogP contribution is 2.42. The van der Waals surface area contributed by atoms with E-state index < -0.39 is 0 Å². The lowest BCUT2D eigenvalue weighted by Gasteiger charge is -2.36. The molecule has 20 heavy (non-hydrogen) atoms. The van der Waals surface area contributed by atoms with Gasteiger partial charge in [-0.15, -0.1) is 0 Å². The van der Waals surface area contributed by atoms with Gasteiger partial charge in [0.25, 0.3) is 0 Å². The monoisotopic (exact) mass is 297 g/mol. The van der Waals surface area contributed by atoms with Crippen LogP contribution in [0.1, 0.15) is 58.6 Å². The van der Waals surface area contributed by atoms with Crippen LogP contribution < -0.4 is 5.32 Å². The van der Waals surface area contributed by atoms with Crippen LogP contribution in [0, 0.1) is 11.8 Å². The Kier molecular flexibility index (Phi) is 5.50. The van der Waals surface area contributed by atoms with E-state index in [1.165, 1.54) is 25.0 Å². The fraction of sp³-hybridized carbons (Fsp3) is 0.812. The molecule has 1 aliphatic rings. The van der Waals surface area contributed by atoms with Crippen molar-refractivity contribution in [3.63, 3.8) is 0 Å². The number of nitrogens with zero attached hydrogens (tertiary/aromatic N) is 2. The molecule has 3 unspecified atom stereocenters. The van der Waals surface area contributed by atoms with Crippen molar-refractivity contribution in [1.29, 1.82) is 0 Å². The van der Waals surface area contributed by atoms with E-state index in [1.54, 1.807) is 0 Å². The highest BCUT2D eigenvalue weighted by atomic mass is 35.5. The lowest BCUT2D eigenvalue weighted by Crippen LogP contribution is -2.35. The minimum Gasteiger partial charge on any atom is -0.314 e. The Morgan fingerprint density at radius 1 is 1.45 bits per heavy atom. The second-order valence-electron chi connectivity index (χ2n) is 6.54. The summed E-state index contributed by atoms with van der Waals surface area (Å²) in [5.41, 5.74) is 1.26. The molecule has 3 atom stereocenters. The highest BCUT2D eigenvalue weighted by Gasteiger charge is 2.33. The zero-order valence-corrected chi connectivity index (χ0v) is 14.0. The number of rotatable bonds is 5. The second kappa shape index (κ2) is 6.95. The Bertz CT molecular complexity index is 427. The van der Waals surface area contributed by atoms with Gasteiger partial charge in [-0.1, -0.05) is 38.8 Å². The summed E-state index contributed by atoms with van der Waals surface area (Å²) < 4.78 is 2.09. The molecule has 1 saturated carbocycles. The summed E-state index contributed by atoms with van der Waals surface area (Å²) in [4.78, 5) is 0. The van der Waals surface area contributed by atoms with Gasteiger partial charge in [-0.25, -0.2) is 0 Å². The van der Waals surface area contributed by atoms with Gasteiger partial charge in [0.15, 0.2) is 0 Å². The van der Waals surface area contributed by atoms with Crippen molar-refractivity contribution in [3.05, 3.63) is 16.9 Å². The van der Waals surface area contributed by atoms with Crippen LogP contribution in [0.15, 0.2) is 6.20 Å². The van der Waals surface area contributed by atoms with Gasteiger partial charge in [0, 0.05) is 18.5 Å². The van der Waals surface area contributed by atoms with Gasteiger partial charge in [-0.2, -0.15) is 5.10 Å². The van der Waals surface area contributed by atoms with Gasteiger partial charge >= 0.3 is 0 Å². The molecule has 0 aromatic carbocycles. The van der Waals surface area contributed by atoms with Crippen LogP contribution in [0.2, 0.25) is 5.02 Å². The summed E-state index contributed by atoms with van der Waals surface area (Å²) in [6.45, 7) is 10.9. The van der Waals surface area contributed by atoms with Crippen molar-refractivity contribution < 1.29 is 0 Å². The fourth-order valence-corrected chi connectivity index (χ4v) is 3.68. The normalized spacial score (nSPS) is 27.2. The van der Waals surface area contributed by atoms with Crippen LogP contribution >= 0.6 is 11.6 Å². The van der Waals surface area contributed by atoms with Gasteiger partial charge in [0.05, 0.1) is 16.9 Å². The Morgan fingerprint density at radius 3 is 2.85 bits per heavy atom. The third-order valence-corrected chi connectivity index (χ3v) is 4.82. The summed E-state index contributed by atoms with van der Waals surface area (Å²) in [6.07, 6.45) is 5.66. The van der Waals surface area contributed by atoms with E-state index in [1.807, 2.05) is 6.20 Å². The maximum atomic E-state index is 6.43. The zero-order valence-electron chi connectivity index (χ0n) is 13.2. The standard InChI is InChI=1S/C16H28ClN3/c1-5-20-16(15(17)10-19-20)14-8-12(4)6-7-13(14)9-18-11(2)3/h10-14,18H,5-9H2,1-4H3. The van der Waals surface area contributed by atoms with Gasteiger partial charge in [-0.3, -0.25) is 4.68 Å². The number of aryl methyl sites for hydroxylation is 1. The molecule has 0 saturated heterocycles. The average molecular weight is 298 g/mol. The molecule has 0 bridgehead atoms. The lowest BCUT2D eigenvalue weighted by atomic mass is 9.73. The van der Waals surface area contributed by atoms with E-state index in [4.69, 9.17) is 11.6 Å². The molecule has 1 fully saturated rings. The molecular weight excluding hydrogens is 270 g/mol. The first-order valence-electron chi connectivity index (χ1n) is 7.97. The first-order chi connectivity index (χ1) is 9.52. The van der Waals surface area contributed by atoms with Crippen LogP contribution in [-0.2, 0) is 6.54 Å². The Balaban J connectivity index is 2.20. The number of nitrogens with one attached hydrogen (secondary N) is 1. The third-order valence-electron chi connectivity index (χ3n) is 4.53. The first kappa shape index (κ1) is 15.8. The van der Waals surface area contributed by atoms with Gasteiger partial charge in [0.2, 0.25) is 0 Å². The van der Waals surface area contributed by atoms with Crippen molar-refractivity contribution in [1.82, 2.24) is 15.1 Å². The predicted octanol–water partition coefficient (Wildman–Crippen LogP) is 4.07. The van der Waals surface area contributed by atoms with E-state index in [9.17, 15) is 0 Å². The molecule has 3 nitrogen and oxygen atoms in total. The quantitative estimate of drug-likeness (QED) is 0.888. The number of hydrogen-bond acceptors (Lipinski definition) is 2. The van der Waals surface area contributed by atoms with Gasteiger partial charge < -0.3 is 5.32 Å². The molecule has 1 aromatic rings. The number of aromatic nitrogens is 2. The minimum atomic E-state index is 0.542. The Labute approximate surface area is 128 Å². The SMILES string of the molecule is CCn1ncc(Cl)c1C1CC(C)CCC1CNC(C)C. The summed E-state index contributed by atoms with van der Waals surface area (Å²) in [6, 6.07) is 0.543. The van der Waals surface area contributed by atoms with Crippen LogP contribution in [0.3, 0.4) is 0 Å². The van der Waals surface area contributed by atoms with Crippen LogP contribution in [0.4, 0.5) is 0 Å². The van der Waals surface area contributed by atoms with Crippen molar-refractivity contribution in [3.8, 4) is 0 Å². The Hall–Kier alpha value is -0.540.